The molecule has 5 saturated carbocycles. The molecule has 6 fully saturated rings. The van der Waals surface area contributed by atoms with E-state index in [2.05, 4.69) is 30.9 Å². The molecule has 11 heteroatoms. The summed E-state index contributed by atoms with van der Waals surface area (Å²) in [7, 11) is 6.72. The molecule has 342 valence electrons. The first-order valence-electron chi connectivity index (χ1n) is 24.0. The number of unbranched alkanes of at least 4 members (excludes halogenated alkanes) is 11. The Hall–Kier alpha value is -2.38. The Bertz CT molecular complexity index is 1640. The number of piperidine rings is 1. The van der Waals surface area contributed by atoms with Crippen molar-refractivity contribution in [2.75, 3.05) is 48.1 Å². The second-order valence-electron chi connectivity index (χ2n) is 19.6. The summed E-state index contributed by atoms with van der Waals surface area (Å²) in [6, 6.07) is 8.55. The molecule has 0 amide bonds. The Kier molecular flexibility index (Phi) is 15.1. The zero-order valence-corrected chi connectivity index (χ0v) is 38.1. The maximum atomic E-state index is 14.6. The Morgan fingerprint density at radius 2 is 1.51 bits per heavy atom. The summed E-state index contributed by atoms with van der Waals surface area (Å²) in [5, 5.41) is 26.1. The van der Waals surface area contributed by atoms with E-state index >= 15 is 0 Å². The lowest BCUT2D eigenvalue weighted by Crippen LogP contribution is -2.81. The standard InChI is InChI=1S/C50H77NO10/c1-7-9-10-11-12-13-14-15-16-17-18-19-20-21-25-28-37(52)61-50-38-35(31-48(55,45(59-6)43(50)53)44(38)60-46(54)34-26-23-22-24-27-34)49-36(57-4)29-30-47(33-56-3)32-51(8-2)42(49)39(50)40(58-5)41(47)49/h15-16,22-24,26-27,35-36,38-45,53,55H,7-14,17-21,25,28-33H2,1-6H3/b16-15-/t35-,36+,38-,39+,40+,41-,42?,43+,44-,45+,47+,48-,49+,50-/m1/s1. The maximum Gasteiger partial charge on any atom is 0.338 e. The van der Waals surface area contributed by atoms with Crippen LogP contribution in [-0.4, -0.2) is 123 Å². The summed E-state index contributed by atoms with van der Waals surface area (Å²) in [4.78, 5) is 31.2. The van der Waals surface area contributed by atoms with E-state index in [1.54, 1.807) is 45.6 Å². The minimum absolute atomic E-state index is 0.112. The number of methoxy groups -OCH3 is 4. The molecule has 6 aliphatic rings. The number of likely N-dealkylation sites (tertiary alicyclic amines) is 1. The minimum atomic E-state index is -1.78. The number of carbonyl (C=O) groups is 2. The van der Waals surface area contributed by atoms with Crippen molar-refractivity contribution in [3.63, 3.8) is 0 Å². The van der Waals surface area contributed by atoms with Gasteiger partial charge in [-0.3, -0.25) is 9.69 Å². The van der Waals surface area contributed by atoms with Crippen LogP contribution in [0.3, 0.4) is 0 Å². The monoisotopic (exact) mass is 852 g/mol. The van der Waals surface area contributed by atoms with E-state index in [1.165, 1.54) is 52.1 Å². The van der Waals surface area contributed by atoms with Gasteiger partial charge in [-0.1, -0.05) is 95.6 Å². The highest BCUT2D eigenvalue weighted by atomic mass is 16.6. The van der Waals surface area contributed by atoms with E-state index in [0.29, 0.717) is 25.1 Å². The highest BCUT2D eigenvalue weighted by molar-refractivity contribution is 5.89. The Morgan fingerprint density at radius 1 is 0.836 bits per heavy atom. The van der Waals surface area contributed by atoms with Crippen molar-refractivity contribution < 1.29 is 48.2 Å². The van der Waals surface area contributed by atoms with E-state index in [4.69, 9.17) is 28.4 Å². The molecule has 1 aromatic rings. The molecule has 1 aliphatic heterocycles. The summed E-state index contributed by atoms with van der Waals surface area (Å²) in [6.07, 6.45) is 17.2. The van der Waals surface area contributed by atoms with Crippen LogP contribution < -0.4 is 0 Å². The van der Waals surface area contributed by atoms with Crippen LogP contribution in [0.25, 0.3) is 0 Å². The first-order valence-corrected chi connectivity index (χ1v) is 24.0. The summed E-state index contributed by atoms with van der Waals surface area (Å²) in [5.41, 5.74) is -3.99. The molecule has 2 N–H and O–H groups in total. The molecular weight excluding hydrogens is 775 g/mol. The zero-order chi connectivity index (χ0) is 43.4. The number of carbonyl (C=O) groups excluding carboxylic acids is 2. The molecule has 0 aromatic heterocycles. The second kappa shape index (κ2) is 19.8. The van der Waals surface area contributed by atoms with Crippen molar-refractivity contribution in [1.29, 1.82) is 0 Å². The predicted octanol–water partition coefficient (Wildman–Crippen LogP) is 7.69. The minimum Gasteiger partial charge on any atom is -0.455 e. The van der Waals surface area contributed by atoms with Gasteiger partial charge in [0.05, 0.1) is 24.4 Å². The van der Waals surface area contributed by atoms with Gasteiger partial charge in [-0.25, -0.2) is 4.79 Å². The predicted molar refractivity (Wildman–Crippen MR) is 233 cm³/mol. The SMILES string of the molecule is CCCCCCCC/C=C\CCCCCCCC(=O)O[C@]12[C@H]3[C@@H](OC(=O)c4ccccc4)[C@](O)(C[C@H]3[C@@]34C5[C@@H]1[C@H](OC)[C@@H]3[C@@](COC)(CC[C@@H]4OC)CN5CC)[C@@H](OC)[C@@H]2O. The average Bonchev–Trinajstić information content (AvgIpc) is 3.64. The molecule has 1 heterocycles. The van der Waals surface area contributed by atoms with Gasteiger partial charge in [-0.05, 0) is 76.0 Å². The Balaban J connectivity index is 1.17. The van der Waals surface area contributed by atoms with Crippen molar-refractivity contribution in [2.45, 2.75) is 171 Å². The molecule has 7 rings (SSSR count). The van der Waals surface area contributed by atoms with Crippen LogP contribution in [0.4, 0.5) is 0 Å². The molecule has 11 nitrogen and oxygen atoms in total. The van der Waals surface area contributed by atoms with Crippen LogP contribution >= 0.6 is 0 Å². The number of fused-ring (bicyclic) bond motifs is 2. The number of hydrogen-bond acceptors (Lipinski definition) is 11. The number of rotatable bonds is 24. The number of allylic oxidation sites excluding steroid dienone is 2. The van der Waals surface area contributed by atoms with Gasteiger partial charge in [0, 0.05) is 76.0 Å². The highest BCUT2D eigenvalue weighted by Gasteiger charge is 2.91. The van der Waals surface area contributed by atoms with Gasteiger partial charge in [0.15, 0.2) is 5.60 Å². The number of hydrogen-bond donors (Lipinski definition) is 2. The largest absolute Gasteiger partial charge is 0.455 e. The van der Waals surface area contributed by atoms with Gasteiger partial charge < -0.3 is 38.6 Å². The van der Waals surface area contributed by atoms with Gasteiger partial charge in [-0.15, -0.1) is 0 Å². The second-order valence-corrected chi connectivity index (χ2v) is 19.6. The van der Waals surface area contributed by atoms with E-state index < -0.39 is 70.7 Å². The average molecular weight is 852 g/mol. The lowest BCUT2D eigenvalue weighted by molar-refractivity contribution is -0.318. The van der Waals surface area contributed by atoms with E-state index in [1.807, 2.05) is 6.07 Å². The summed E-state index contributed by atoms with van der Waals surface area (Å²) < 4.78 is 39.0. The van der Waals surface area contributed by atoms with Crippen LogP contribution in [0.1, 0.15) is 133 Å². The van der Waals surface area contributed by atoms with Crippen LogP contribution in [0.5, 0.6) is 0 Å². The molecule has 7 bridgehead atoms. The maximum absolute atomic E-state index is 14.6. The number of esters is 2. The van der Waals surface area contributed by atoms with Gasteiger partial charge >= 0.3 is 11.9 Å². The van der Waals surface area contributed by atoms with E-state index in [0.717, 1.165) is 51.5 Å². The number of nitrogens with zero attached hydrogens (tertiary/aromatic N) is 1. The quantitative estimate of drug-likeness (QED) is 0.0603. The van der Waals surface area contributed by atoms with Gasteiger partial charge in [0.25, 0.3) is 0 Å². The van der Waals surface area contributed by atoms with E-state index in [-0.39, 0.29) is 36.3 Å². The molecular formula is C50H77NO10. The number of ether oxygens (including phenoxy) is 6. The number of aliphatic hydroxyl groups is 2. The van der Waals surface area contributed by atoms with E-state index in [9.17, 15) is 19.8 Å². The van der Waals surface area contributed by atoms with Crippen molar-refractivity contribution in [2.24, 2.45) is 34.5 Å². The van der Waals surface area contributed by atoms with Crippen molar-refractivity contribution >= 4 is 11.9 Å². The number of aliphatic hydroxyl groups excluding tert-OH is 1. The molecule has 1 unspecified atom stereocenters. The third kappa shape index (κ3) is 7.75. The summed E-state index contributed by atoms with van der Waals surface area (Å²) >= 11 is 0. The van der Waals surface area contributed by atoms with Crippen molar-refractivity contribution in [1.82, 2.24) is 4.90 Å². The fourth-order valence-electron chi connectivity index (χ4n) is 14.7. The third-order valence-corrected chi connectivity index (χ3v) is 16.7. The lowest BCUT2D eigenvalue weighted by atomic mass is 9.43. The fraction of sp³-hybridized carbons (Fsp3) is 0.800. The fourth-order valence-corrected chi connectivity index (χ4v) is 14.7. The zero-order valence-electron chi connectivity index (χ0n) is 38.1. The molecule has 1 saturated heterocycles. The molecule has 0 radical (unpaired) electrons. The van der Waals surface area contributed by atoms with Gasteiger partial charge in [-0.2, -0.15) is 0 Å². The van der Waals surface area contributed by atoms with Gasteiger partial charge in [0.1, 0.15) is 23.9 Å². The molecule has 5 aliphatic carbocycles. The molecule has 1 aromatic carbocycles. The summed E-state index contributed by atoms with van der Waals surface area (Å²) in [5.74, 6) is -2.80. The summed E-state index contributed by atoms with van der Waals surface area (Å²) in [6.45, 7) is 6.39. The smallest absolute Gasteiger partial charge is 0.338 e. The van der Waals surface area contributed by atoms with Crippen molar-refractivity contribution in [3.05, 3.63) is 48.0 Å². The molecule has 1 spiro atoms. The third-order valence-electron chi connectivity index (χ3n) is 16.7. The highest BCUT2D eigenvalue weighted by Crippen LogP contribution is 2.80. The topological polar surface area (TPSA) is 133 Å². The van der Waals surface area contributed by atoms with Crippen LogP contribution in [0.15, 0.2) is 42.5 Å². The Morgan fingerprint density at radius 3 is 2.13 bits per heavy atom. The van der Waals surface area contributed by atoms with Crippen LogP contribution in [0, 0.1) is 34.5 Å². The van der Waals surface area contributed by atoms with Gasteiger partial charge in [0.2, 0.25) is 0 Å². The molecule has 61 heavy (non-hydrogen) atoms. The Labute approximate surface area is 365 Å². The first-order chi connectivity index (χ1) is 29.6. The van der Waals surface area contributed by atoms with Crippen LogP contribution in [-0.2, 0) is 33.2 Å². The lowest BCUT2D eigenvalue weighted by Gasteiger charge is -2.69. The normalized spacial score (nSPS) is 39.5. The van der Waals surface area contributed by atoms with Crippen molar-refractivity contribution in [3.8, 4) is 0 Å². The van der Waals surface area contributed by atoms with Crippen LogP contribution in [0.2, 0.25) is 0 Å². The molecule has 14 atom stereocenters. The number of benzene rings is 1. The first kappa shape index (κ1) is 46.6.